The second-order valence-corrected chi connectivity index (χ2v) is 3.58. The van der Waals surface area contributed by atoms with Crippen molar-refractivity contribution >= 4 is 17.3 Å². The topological polar surface area (TPSA) is 110 Å². The second-order valence-electron chi connectivity index (χ2n) is 3.58. The molecule has 0 aliphatic rings. The van der Waals surface area contributed by atoms with E-state index in [9.17, 15) is 4.79 Å². The molecule has 0 radical (unpaired) electrons. The van der Waals surface area contributed by atoms with E-state index in [2.05, 4.69) is 25.2 Å². The molecule has 0 saturated carbocycles. The molecule has 2 heterocycles. The number of aryl methyl sites for hydroxylation is 1. The van der Waals surface area contributed by atoms with Crippen molar-refractivity contribution < 1.29 is 9.32 Å². The summed E-state index contributed by atoms with van der Waals surface area (Å²) in [6, 6.07) is 0. The van der Waals surface area contributed by atoms with Crippen molar-refractivity contribution in [2.45, 2.75) is 19.8 Å². The van der Waals surface area contributed by atoms with Crippen LogP contribution >= 0.6 is 0 Å². The highest BCUT2D eigenvalue weighted by Gasteiger charge is 2.17. The molecule has 17 heavy (non-hydrogen) atoms. The maximum absolute atomic E-state index is 11.8. The van der Waals surface area contributed by atoms with Crippen LogP contribution in [0, 0.1) is 0 Å². The first kappa shape index (κ1) is 11.2. The van der Waals surface area contributed by atoms with Gasteiger partial charge in [0.25, 0.3) is 5.91 Å². The van der Waals surface area contributed by atoms with Gasteiger partial charge in [-0.05, 0) is 6.42 Å². The average molecular weight is 235 g/mol. The number of aromatic nitrogens is 3. The van der Waals surface area contributed by atoms with Crippen molar-refractivity contribution in [3.63, 3.8) is 0 Å². The fourth-order valence-corrected chi connectivity index (χ4v) is 1.46. The Kier molecular flexibility index (Phi) is 3.08. The highest BCUT2D eigenvalue weighted by molar-refractivity contribution is 6.06. The van der Waals surface area contributed by atoms with E-state index in [4.69, 9.17) is 5.73 Å². The maximum atomic E-state index is 11.8. The first-order valence-electron chi connectivity index (χ1n) is 5.25. The lowest BCUT2D eigenvalue weighted by Crippen LogP contribution is -2.13. The maximum Gasteiger partial charge on any atom is 0.278 e. The molecule has 4 N–H and O–H groups in total. The van der Waals surface area contributed by atoms with Crippen LogP contribution in [-0.4, -0.2) is 21.3 Å². The summed E-state index contributed by atoms with van der Waals surface area (Å²) in [4.78, 5) is 11.8. The number of nitrogens with one attached hydrogen (secondary N) is 2. The Balaban J connectivity index is 2.14. The monoisotopic (exact) mass is 235 g/mol. The Morgan fingerprint density at radius 2 is 2.47 bits per heavy atom. The molecular weight excluding hydrogens is 222 g/mol. The van der Waals surface area contributed by atoms with E-state index in [0.717, 1.165) is 18.5 Å². The van der Waals surface area contributed by atoms with Gasteiger partial charge in [0.2, 0.25) is 0 Å². The van der Waals surface area contributed by atoms with Crippen LogP contribution in [0.2, 0.25) is 0 Å². The summed E-state index contributed by atoms with van der Waals surface area (Å²) in [5.41, 5.74) is 7.65. The molecule has 2 aromatic rings. The molecule has 7 nitrogen and oxygen atoms in total. The highest BCUT2D eigenvalue weighted by atomic mass is 16.5. The highest BCUT2D eigenvalue weighted by Crippen LogP contribution is 2.17. The molecule has 0 fully saturated rings. The normalized spacial score (nSPS) is 10.4. The van der Waals surface area contributed by atoms with Gasteiger partial charge in [0.05, 0.1) is 17.6 Å². The summed E-state index contributed by atoms with van der Waals surface area (Å²) in [6.45, 7) is 2.02. The Hall–Kier alpha value is -2.31. The number of nitrogens with zero attached hydrogens (tertiary/aromatic N) is 2. The summed E-state index contributed by atoms with van der Waals surface area (Å²) in [6.07, 6.45) is 4.42. The summed E-state index contributed by atoms with van der Waals surface area (Å²) in [5.74, 6) is -0.385. The van der Waals surface area contributed by atoms with Gasteiger partial charge < -0.3 is 15.6 Å². The van der Waals surface area contributed by atoms with Gasteiger partial charge in [-0.3, -0.25) is 9.89 Å². The second kappa shape index (κ2) is 4.69. The summed E-state index contributed by atoms with van der Waals surface area (Å²) in [7, 11) is 0. The van der Waals surface area contributed by atoms with E-state index < -0.39 is 0 Å². The summed E-state index contributed by atoms with van der Waals surface area (Å²) < 4.78 is 4.60. The lowest BCUT2D eigenvalue weighted by atomic mass is 10.2. The Labute approximate surface area is 97.4 Å². The largest absolute Gasteiger partial charge is 0.395 e. The number of rotatable bonds is 4. The molecule has 90 valence electrons. The number of amides is 1. The van der Waals surface area contributed by atoms with Gasteiger partial charge in [-0.2, -0.15) is 5.10 Å². The number of hydrogen-bond acceptors (Lipinski definition) is 5. The quantitative estimate of drug-likeness (QED) is 0.737. The van der Waals surface area contributed by atoms with Crippen molar-refractivity contribution in [3.8, 4) is 0 Å². The van der Waals surface area contributed by atoms with Crippen LogP contribution in [0.1, 0.15) is 29.5 Å². The third-order valence-electron chi connectivity index (χ3n) is 2.29. The molecule has 0 spiro atoms. The Morgan fingerprint density at radius 1 is 1.65 bits per heavy atom. The van der Waals surface area contributed by atoms with Crippen molar-refractivity contribution in [1.82, 2.24) is 15.4 Å². The van der Waals surface area contributed by atoms with Crippen LogP contribution in [0.3, 0.4) is 0 Å². The molecule has 0 aliphatic carbocycles. The van der Waals surface area contributed by atoms with Gasteiger partial charge in [-0.1, -0.05) is 18.5 Å². The van der Waals surface area contributed by atoms with Crippen LogP contribution in [0.25, 0.3) is 0 Å². The Bertz CT molecular complexity index is 503. The summed E-state index contributed by atoms with van der Waals surface area (Å²) in [5, 5.41) is 12.7. The zero-order chi connectivity index (χ0) is 12.3. The standard InChI is InChI=1S/C10H13N5O2/c1-2-3-7-8(11)9(15-14-7)10(16)13-6-4-12-17-5-6/h4-5H,2-3,11H2,1H3,(H,13,16)(H,14,15). The minimum atomic E-state index is -0.385. The number of nitrogens with two attached hydrogens (primary N) is 1. The summed E-state index contributed by atoms with van der Waals surface area (Å²) >= 11 is 0. The molecule has 2 rings (SSSR count). The fraction of sp³-hybridized carbons (Fsp3) is 0.300. The van der Waals surface area contributed by atoms with E-state index >= 15 is 0 Å². The molecule has 7 heteroatoms. The average Bonchev–Trinajstić information content (AvgIpc) is 2.91. The number of nitrogen functional groups attached to an aromatic ring is 1. The van der Waals surface area contributed by atoms with Gasteiger partial charge in [0.15, 0.2) is 5.69 Å². The number of hydrogen-bond donors (Lipinski definition) is 3. The van der Waals surface area contributed by atoms with E-state index in [1.807, 2.05) is 6.92 Å². The van der Waals surface area contributed by atoms with Crippen LogP contribution < -0.4 is 11.1 Å². The van der Waals surface area contributed by atoms with Crippen molar-refractivity contribution in [3.05, 3.63) is 23.8 Å². The van der Waals surface area contributed by atoms with Gasteiger partial charge in [-0.25, -0.2) is 0 Å². The number of carbonyl (C=O) groups is 1. The third-order valence-corrected chi connectivity index (χ3v) is 2.29. The minimum absolute atomic E-state index is 0.189. The number of H-pyrrole nitrogens is 1. The molecule has 1 amide bonds. The van der Waals surface area contributed by atoms with Gasteiger partial charge in [-0.15, -0.1) is 0 Å². The van der Waals surface area contributed by atoms with Crippen molar-refractivity contribution in [1.29, 1.82) is 0 Å². The predicted molar refractivity (Wildman–Crippen MR) is 61.5 cm³/mol. The van der Waals surface area contributed by atoms with Crippen LogP contribution in [0.5, 0.6) is 0 Å². The smallest absolute Gasteiger partial charge is 0.278 e. The first-order valence-corrected chi connectivity index (χ1v) is 5.25. The molecule has 2 aromatic heterocycles. The molecular formula is C10H13N5O2. The van der Waals surface area contributed by atoms with E-state index in [1.165, 1.54) is 12.5 Å². The van der Waals surface area contributed by atoms with E-state index in [1.54, 1.807) is 0 Å². The molecule has 0 atom stereocenters. The van der Waals surface area contributed by atoms with Crippen LogP contribution in [0.15, 0.2) is 17.0 Å². The van der Waals surface area contributed by atoms with Gasteiger partial charge >= 0.3 is 0 Å². The van der Waals surface area contributed by atoms with Crippen molar-refractivity contribution in [2.75, 3.05) is 11.1 Å². The number of aromatic amines is 1. The molecule has 0 saturated heterocycles. The van der Waals surface area contributed by atoms with Gasteiger partial charge in [0, 0.05) is 0 Å². The molecule has 0 aliphatic heterocycles. The van der Waals surface area contributed by atoms with E-state index in [-0.39, 0.29) is 11.6 Å². The van der Waals surface area contributed by atoms with Crippen molar-refractivity contribution in [2.24, 2.45) is 0 Å². The minimum Gasteiger partial charge on any atom is -0.395 e. The lowest BCUT2D eigenvalue weighted by Gasteiger charge is -1.99. The first-order chi connectivity index (χ1) is 8.22. The number of carbonyl (C=O) groups excluding carboxylic acids is 1. The van der Waals surface area contributed by atoms with Crippen LogP contribution in [-0.2, 0) is 6.42 Å². The predicted octanol–water partition coefficient (Wildman–Crippen LogP) is 1.18. The van der Waals surface area contributed by atoms with E-state index in [0.29, 0.717) is 11.4 Å². The molecule has 0 aromatic carbocycles. The zero-order valence-corrected chi connectivity index (χ0v) is 9.36. The van der Waals surface area contributed by atoms with Crippen LogP contribution in [0.4, 0.5) is 11.4 Å². The molecule has 0 bridgehead atoms. The Morgan fingerprint density at radius 3 is 3.12 bits per heavy atom. The zero-order valence-electron chi connectivity index (χ0n) is 9.36. The lowest BCUT2D eigenvalue weighted by molar-refractivity contribution is 0.102. The SMILES string of the molecule is CCCc1[nH]nc(C(=O)Nc2cnoc2)c1N. The molecule has 0 unspecified atom stereocenters. The number of anilines is 2. The third kappa shape index (κ3) is 2.27. The van der Waals surface area contributed by atoms with Gasteiger partial charge in [0.1, 0.15) is 12.0 Å². The fourth-order valence-electron chi connectivity index (χ4n) is 1.46.